The van der Waals surface area contributed by atoms with Crippen molar-refractivity contribution in [2.45, 2.75) is 0 Å². The summed E-state index contributed by atoms with van der Waals surface area (Å²) in [5, 5.41) is 7.04. The number of para-hydroxylation sites is 3. The molecule has 0 aliphatic rings. The third kappa shape index (κ3) is 4.17. The van der Waals surface area contributed by atoms with E-state index in [0.717, 1.165) is 33.1 Å². The summed E-state index contributed by atoms with van der Waals surface area (Å²) in [6.45, 7) is 0. The van der Waals surface area contributed by atoms with Gasteiger partial charge in [0.2, 0.25) is 0 Å². The third-order valence-electron chi connectivity index (χ3n) is 10.4. The minimum Gasteiger partial charge on any atom is -0.456 e. The summed E-state index contributed by atoms with van der Waals surface area (Å²) in [4.78, 5) is 4.37. The van der Waals surface area contributed by atoms with E-state index < -0.39 is 0 Å². The van der Waals surface area contributed by atoms with Gasteiger partial charge in [-0.1, -0.05) is 91.0 Å². The Morgan fingerprint density at radius 3 is 1.59 bits per heavy atom. The molecule has 0 saturated carbocycles. The number of rotatable bonds is 4. The highest BCUT2D eigenvalue weighted by atomic mass is 16.3. The summed E-state index contributed by atoms with van der Waals surface area (Å²) in [5.41, 5.74) is 13.5. The van der Waals surface area contributed by atoms with Crippen molar-refractivity contribution in [1.82, 2.24) is 14.1 Å². The monoisotopic (exact) mass is 651 g/mol. The van der Waals surface area contributed by atoms with Crippen LogP contribution in [0.4, 0.5) is 0 Å². The molecule has 11 rings (SSSR count). The first-order chi connectivity index (χ1) is 25.3. The Kier molecular flexibility index (Phi) is 5.92. The second kappa shape index (κ2) is 10.8. The number of pyridine rings is 1. The molecule has 0 N–H and O–H groups in total. The number of furan rings is 1. The second-order valence-electron chi connectivity index (χ2n) is 13.2. The van der Waals surface area contributed by atoms with Crippen molar-refractivity contribution in [3.05, 3.63) is 176 Å². The molecule has 0 saturated heterocycles. The van der Waals surface area contributed by atoms with Gasteiger partial charge < -0.3 is 13.6 Å². The van der Waals surface area contributed by atoms with Crippen molar-refractivity contribution >= 4 is 65.6 Å². The van der Waals surface area contributed by atoms with Gasteiger partial charge in [-0.15, -0.1) is 0 Å². The van der Waals surface area contributed by atoms with Crippen molar-refractivity contribution in [1.29, 1.82) is 0 Å². The second-order valence-corrected chi connectivity index (χ2v) is 13.2. The predicted octanol–water partition coefficient (Wildman–Crippen LogP) is 12.5. The standard InChI is InChI=1S/C47H29N3O/c1-2-10-32(11-3-1)49-42-16-8-6-14-36(42)38-26-30(18-21-44(38)49)34-12-4-5-13-35(34)31-19-22-45-39(27-31)37-15-7-9-17-43(37)50(45)33-20-23-46-40(28-33)41-29-48-25-24-47(41)51-46/h1-29H. The molecule has 0 fully saturated rings. The lowest BCUT2D eigenvalue weighted by atomic mass is 9.93. The molecule has 4 nitrogen and oxygen atoms in total. The number of benzene rings is 7. The summed E-state index contributed by atoms with van der Waals surface area (Å²) >= 11 is 0. The number of hydrogen-bond donors (Lipinski definition) is 0. The van der Waals surface area contributed by atoms with Crippen LogP contribution < -0.4 is 0 Å². The van der Waals surface area contributed by atoms with Crippen molar-refractivity contribution in [3.63, 3.8) is 0 Å². The van der Waals surface area contributed by atoms with Crippen molar-refractivity contribution in [2.24, 2.45) is 0 Å². The predicted molar refractivity (Wildman–Crippen MR) is 211 cm³/mol. The molecule has 0 aliphatic carbocycles. The van der Waals surface area contributed by atoms with Crippen LogP contribution in [0.2, 0.25) is 0 Å². The molecule has 0 spiro atoms. The Morgan fingerprint density at radius 2 is 0.922 bits per heavy atom. The van der Waals surface area contributed by atoms with E-state index in [-0.39, 0.29) is 0 Å². The summed E-state index contributed by atoms with van der Waals surface area (Å²) in [7, 11) is 0. The fraction of sp³-hybridized carbons (Fsp3) is 0. The van der Waals surface area contributed by atoms with E-state index in [1.165, 1.54) is 66.0 Å². The molecule has 238 valence electrons. The number of fused-ring (bicyclic) bond motifs is 9. The van der Waals surface area contributed by atoms with Gasteiger partial charge in [0.05, 0.1) is 22.1 Å². The Balaban J connectivity index is 1.09. The van der Waals surface area contributed by atoms with Crippen LogP contribution in [0.3, 0.4) is 0 Å². The minimum absolute atomic E-state index is 0.851. The van der Waals surface area contributed by atoms with Crippen LogP contribution in [0.1, 0.15) is 0 Å². The fourth-order valence-corrected chi connectivity index (χ4v) is 8.15. The maximum absolute atomic E-state index is 6.13. The van der Waals surface area contributed by atoms with Gasteiger partial charge in [-0.05, 0) is 95.1 Å². The van der Waals surface area contributed by atoms with Crippen LogP contribution in [-0.2, 0) is 0 Å². The smallest absolute Gasteiger partial charge is 0.138 e. The van der Waals surface area contributed by atoms with Crippen molar-refractivity contribution in [3.8, 4) is 33.6 Å². The lowest BCUT2D eigenvalue weighted by Crippen LogP contribution is -1.93. The fourth-order valence-electron chi connectivity index (χ4n) is 8.15. The largest absolute Gasteiger partial charge is 0.456 e. The summed E-state index contributed by atoms with van der Waals surface area (Å²) in [5.74, 6) is 0. The molecule has 0 atom stereocenters. The van der Waals surface area contributed by atoms with Crippen LogP contribution in [0, 0.1) is 0 Å². The third-order valence-corrected chi connectivity index (χ3v) is 10.4. The van der Waals surface area contributed by atoms with E-state index in [9.17, 15) is 0 Å². The van der Waals surface area contributed by atoms with E-state index in [1.807, 2.05) is 12.3 Å². The van der Waals surface area contributed by atoms with E-state index in [1.54, 1.807) is 6.20 Å². The van der Waals surface area contributed by atoms with Gasteiger partial charge in [0.25, 0.3) is 0 Å². The van der Waals surface area contributed by atoms with Gasteiger partial charge in [-0.25, -0.2) is 0 Å². The highest BCUT2D eigenvalue weighted by Crippen LogP contribution is 2.41. The van der Waals surface area contributed by atoms with E-state index >= 15 is 0 Å². The van der Waals surface area contributed by atoms with Crippen LogP contribution in [0.15, 0.2) is 181 Å². The molecule has 11 aromatic rings. The Hall–Kier alpha value is -6.91. The molecular formula is C47H29N3O. The molecule has 51 heavy (non-hydrogen) atoms. The van der Waals surface area contributed by atoms with Crippen LogP contribution in [0.25, 0.3) is 99.2 Å². The van der Waals surface area contributed by atoms with E-state index in [2.05, 4.69) is 172 Å². The first kappa shape index (κ1) is 28.0. The summed E-state index contributed by atoms with van der Waals surface area (Å²) < 4.78 is 10.9. The van der Waals surface area contributed by atoms with Crippen LogP contribution >= 0.6 is 0 Å². The average molecular weight is 652 g/mol. The molecule has 4 aromatic heterocycles. The first-order valence-corrected chi connectivity index (χ1v) is 17.3. The van der Waals surface area contributed by atoms with Crippen LogP contribution in [-0.4, -0.2) is 14.1 Å². The highest BCUT2D eigenvalue weighted by molar-refractivity contribution is 6.13. The SMILES string of the molecule is c1ccc(-n2c3ccccc3c3cc(-c4ccccc4-c4ccc5c(c4)c4ccccc4n5-c4ccc5oc6ccncc6c5c4)ccc32)cc1. The molecule has 4 heteroatoms. The zero-order chi connectivity index (χ0) is 33.5. The topological polar surface area (TPSA) is 35.9 Å². The quantitative estimate of drug-likeness (QED) is 0.190. The van der Waals surface area contributed by atoms with E-state index in [4.69, 9.17) is 4.42 Å². The molecule has 0 bridgehead atoms. The zero-order valence-corrected chi connectivity index (χ0v) is 27.5. The maximum Gasteiger partial charge on any atom is 0.138 e. The van der Waals surface area contributed by atoms with Crippen molar-refractivity contribution < 1.29 is 4.42 Å². The number of hydrogen-bond acceptors (Lipinski definition) is 2. The van der Waals surface area contributed by atoms with Gasteiger partial charge in [0.15, 0.2) is 0 Å². The lowest BCUT2D eigenvalue weighted by molar-refractivity contribution is 0.668. The average Bonchev–Trinajstić information content (AvgIpc) is 3.85. The van der Waals surface area contributed by atoms with Crippen LogP contribution in [0.5, 0.6) is 0 Å². The Labute approximate surface area is 293 Å². The maximum atomic E-state index is 6.13. The van der Waals surface area contributed by atoms with Gasteiger partial charge in [-0.2, -0.15) is 0 Å². The lowest BCUT2D eigenvalue weighted by Gasteiger charge is -2.12. The normalized spacial score (nSPS) is 11.9. The molecule has 0 unspecified atom stereocenters. The number of aromatic nitrogens is 3. The van der Waals surface area contributed by atoms with Gasteiger partial charge >= 0.3 is 0 Å². The molecule has 4 heterocycles. The molecule has 7 aromatic carbocycles. The van der Waals surface area contributed by atoms with Gasteiger partial charge in [0, 0.05) is 56.1 Å². The zero-order valence-electron chi connectivity index (χ0n) is 27.5. The molecule has 0 amide bonds. The summed E-state index contributed by atoms with van der Waals surface area (Å²) in [6.07, 6.45) is 3.66. The molecule has 0 aliphatic heterocycles. The highest BCUT2D eigenvalue weighted by Gasteiger charge is 2.18. The van der Waals surface area contributed by atoms with Gasteiger partial charge in [0.1, 0.15) is 11.2 Å². The first-order valence-electron chi connectivity index (χ1n) is 17.3. The molecular weight excluding hydrogens is 623 g/mol. The van der Waals surface area contributed by atoms with Crippen molar-refractivity contribution in [2.75, 3.05) is 0 Å². The molecule has 0 radical (unpaired) electrons. The Morgan fingerprint density at radius 1 is 0.373 bits per heavy atom. The van der Waals surface area contributed by atoms with Gasteiger partial charge in [-0.3, -0.25) is 4.98 Å². The van der Waals surface area contributed by atoms with E-state index in [0.29, 0.717) is 0 Å². The minimum atomic E-state index is 0.851. The Bertz CT molecular complexity index is 3140. The number of nitrogens with zero attached hydrogens (tertiary/aromatic N) is 3. The summed E-state index contributed by atoms with van der Waals surface area (Å²) in [6, 6.07) is 59.0.